The zero-order chi connectivity index (χ0) is 12.5. The molecule has 1 unspecified atom stereocenters. The van der Waals surface area contributed by atoms with Gasteiger partial charge in [-0.1, -0.05) is 18.5 Å². The highest BCUT2D eigenvalue weighted by Gasteiger charge is 2.18. The van der Waals surface area contributed by atoms with Gasteiger partial charge in [-0.05, 0) is 36.8 Å². The van der Waals surface area contributed by atoms with Gasteiger partial charge in [0.1, 0.15) is 15.8 Å². The zero-order valence-electron chi connectivity index (χ0n) is 10.4. The van der Waals surface area contributed by atoms with Gasteiger partial charge in [0.05, 0.1) is 6.54 Å². The molecule has 3 rings (SSSR count). The molecule has 0 aliphatic carbocycles. The first kappa shape index (κ1) is 12.3. The summed E-state index contributed by atoms with van der Waals surface area (Å²) in [5.41, 5.74) is 0. The molecule has 1 saturated heterocycles. The Morgan fingerprint density at radius 1 is 1.50 bits per heavy atom. The normalized spacial score (nSPS) is 21.6. The van der Waals surface area contributed by atoms with Crippen LogP contribution >= 0.6 is 22.9 Å². The lowest BCUT2D eigenvalue weighted by molar-refractivity contribution is 0.173. The molecule has 3 nitrogen and oxygen atoms in total. The highest BCUT2D eigenvalue weighted by molar-refractivity contribution is 7.16. The third-order valence-corrected chi connectivity index (χ3v) is 4.53. The van der Waals surface area contributed by atoms with Crippen LogP contribution in [0.25, 0.3) is 10.2 Å². The quantitative estimate of drug-likeness (QED) is 0.788. The number of thiophene rings is 1. The van der Waals surface area contributed by atoms with Crippen LogP contribution in [0, 0.1) is 5.92 Å². The van der Waals surface area contributed by atoms with Crippen molar-refractivity contribution in [2.75, 3.05) is 13.1 Å². The van der Waals surface area contributed by atoms with Crippen LogP contribution < -0.4 is 0 Å². The van der Waals surface area contributed by atoms with Gasteiger partial charge in [0.2, 0.25) is 0 Å². The molecule has 0 bridgehead atoms. The van der Waals surface area contributed by atoms with E-state index in [1.54, 1.807) is 11.3 Å². The van der Waals surface area contributed by atoms with Crippen molar-refractivity contribution in [2.45, 2.75) is 26.3 Å². The van der Waals surface area contributed by atoms with E-state index in [9.17, 15) is 0 Å². The zero-order valence-corrected chi connectivity index (χ0v) is 12.0. The Bertz CT molecular complexity index is 554. The molecule has 0 radical (unpaired) electrons. The molecular weight excluding hydrogens is 266 g/mol. The summed E-state index contributed by atoms with van der Waals surface area (Å²) in [5.74, 6) is 1.63. The summed E-state index contributed by atoms with van der Waals surface area (Å²) in [4.78, 5) is 12.4. The highest BCUT2D eigenvalue weighted by atomic mass is 35.5. The van der Waals surface area contributed by atoms with E-state index in [0.717, 1.165) is 41.6 Å². The van der Waals surface area contributed by atoms with Crippen molar-refractivity contribution in [3.05, 3.63) is 22.4 Å². The molecule has 3 heterocycles. The van der Waals surface area contributed by atoms with Crippen LogP contribution in [0.4, 0.5) is 0 Å². The fourth-order valence-electron chi connectivity index (χ4n) is 2.56. The van der Waals surface area contributed by atoms with E-state index < -0.39 is 0 Å². The first-order valence-corrected chi connectivity index (χ1v) is 7.60. The molecule has 2 aromatic heterocycles. The predicted molar refractivity (Wildman–Crippen MR) is 76.1 cm³/mol. The van der Waals surface area contributed by atoms with Crippen molar-refractivity contribution in [1.82, 2.24) is 14.9 Å². The number of likely N-dealkylation sites (tertiary alicyclic amines) is 1. The van der Waals surface area contributed by atoms with Gasteiger partial charge < -0.3 is 0 Å². The molecule has 2 aromatic rings. The van der Waals surface area contributed by atoms with Crippen molar-refractivity contribution < 1.29 is 0 Å². The van der Waals surface area contributed by atoms with E-state index in [4.69, 9.17) is 11.6 Å². The Labute approximate surface area is 116 Å². The molecule has 0 amide bonds. The van der Waals surface area contributed by atoms with Crippen LogP contribution in [0.15, 0.2) is 11.4 Å². The molecular formula is C13H16ClN3S. The maximum Gasteiger partial charge on any atom is 0.145 e. The molecule has 0 N–H and O–H groups in total. The van der Waals surface area contributed by atoms with E-state index in [1.165, 1.54) is 12.8 Å². The van der Waals surface area contributed by atoms with Gasteiger partial charge >= 0.3 is 0 Å². The average molecular weight is 282 g/mol. The number of hydrogen-bond acceptors (Lipinski definition) is 4. The van der Waals surface area contributed by atoms with Crippen molar-refractivity contribution in [3.8, 4) is 0 Å². The van der Waals surface area contributed by atoms with Crippen LogP contribution in [0.5, 0.6) is 0 Å². The highest BCUT2D eigenvalue weighted by Crippen LogP contribution is 2.25. The molecule has 1 aliphatic heterocycles. The lowest BCUT2D eigenvalue weighted by Crippen LogP contribution is -2.34. The standard InChI is InChI=1S/C13H16ClN3S/c1-9-3-2-5-17(7-9)8-11-15-12(14)10-4-6-18-13(10)16-11/h4,6,9H,2-3,5,7-8H2,1H3. The second-order valence-corrected chi connectivity index (χ2v) is 6.31. The molecule has 0 spiro atoms. The molecule has 1 aliphatic rings. The molecule has 96 valence electrons. The summed E-state index contributed by atoms with van der Waals surface area (Å²) < 4.78 is 0. The second kappa shape index (κ2) is 5.11. The van der Waals surface area contributed by atoms with Crippen molar-refractivity contribution in [3.63, 3.8) is 0 Å². The Morgan fingerprint density at radius 3 is 3.22 bits per heavy atom. The molecule has 5 heteroatoms. The summed E-state index contributed by atoms with van der Waals surface area (Å²) >= 11 is 7.81. The number of fused-ring (bicyclic) bond motifs is 1. The SMILES string of the molecule is CC1CCCN(Cc2nc(Cl)c3ccsc3n2)C1. The maximum absolute atomic E-state index is 6.19. The lowest BCUT2D eigenvalue weighted by Gasteiger charge is -2.30. The fraction of sp³-hybridized carbons (Fsp3) is 0.538. The lowest BCUT2D eigenvalue weighted by atomic mass is 10.0. The van der Waals surface area contributed by atoms with Crippen LogP contribution in [0.3, 0.4) is 0 Å². The fourth-order valence-corrected chi connectivity index (χ4v) is 3.65. The van der Waals surface area contributed by atoms with E-state index >= 15 is 0 Å². The smallest absolute Gasteiger partial charge is 0.145 e. The summed E-state index contributed by atoms with van der Waals surface area (Å²) in [5, 5.41) is 3.57. The van der Waals surface area contributed by atoms with Gasteiger partial charge in [0.15, 0.2) is 0 Å². The van der Waals surface area contributed by atoms with Gasteiger partial charge in [-0.15, -0.1) is 11.3 Å². The largest absolute Gasteiger partial charge is 0.296 e. The van der Waals surface area contributed by atoms with Crippen molar-refractivity contribution >= 4 is 33.2 Å². The monoisotopic (exact) mass is 281 g/mol. The molecule has 1 fully saturated rings. The summed E-state index contributed by atoms with van der Waals surface area (Å²) in [6, 6.07) is 1.98. The van der Waals surface area contributed by atoms with Gasteiger partial charge in [0.25, 0.3) is 0 Å². The second-order valence-electron chi connectivity index (χ2n) is 5.05. The first-order valence-electron chi connectivity index (χ1n) is 6.34. The number of nitrogens with zero attached hydrogens (tertiary/aromatic N) is 3. The van der Waals surface area contributed by atoms with Crippen molar-refractivity contribution in [2.24, 2.45) is 5.92 Å². The van der Waals surface area contributed by atoms with E-state index in [0.29, 0.717) is 5.15 Å². The van der Waals surface area contributed by atoms with Gasteiger partial charge in [0, 0.05) is 11.9 Å². The average Bonchev–Trinajstić information content (AvgIpc) is 2.77. The number of aromatic nitrogens is 2. The first-order chi connectivity index (χ1) is 8.72. The van der Waals surface area contributed by atoms with Crippen LogP contribution in [-0.2, 0) is 6.54 Å². The van der Waals surface area contributed by atoms with Gasteiger partial charge in [-0.25, -0.2) is 9.97 Å². The number of halogens is 1. The third kappa shape index (κ3) is 2.51. The molecule has 1 atom stereocenters. The summed E-state index contributed by atoms with van der Waals surface area (Å²) in [6.45, 7) is 5.41. The van der Waals surface area contributed by atoms with Crippen LogP contribution in [0.2, 0.25) is 5.15 Å². The van der Waals surface area contributed by atoms with Gasteiger partial charge in [-0.2, -0.15) is 0 Å². The van der Waals surface area contributed by atoms with Gasteiger partial charge in [-0.3, -0.25) is 4.90 Å². The van der Waals surface area contributed by atoms with Crippen LogP contribution in [-0.4, -0.2) is 28.0 Å². The number of hydrogen-bond donors (Lipinski definition) is 0. The van der Waals surface area contributed by atoms with E-state index in [1.807, 2.05) is 11.4 Å². The third-order valence-electron chi connectivity index (χ3n) is 3.43. The predicted octanol–water partition coefficient (Wildman–Crippen LogP) is 3.58. The van der Waals surface area contributed by atoms with E-state index in [2.05, 4.69) is 21.8 Å². The minimum atomic E-state index is 0.585. The Kier molecular flexibility index (Phi) is 3.50. The minimum Gasteiger partial charge on any atom is -0.296 e. The topological polar surface area (TPSA) is 29.0 Å². The minimum absolute atomic E-state index is 0.585. The number of piperidine rings is 1. The number of rotatable bonds is 2. The Morgan fingerprint density at radius 2 is 2.39 bits per heavy atom. The Balaban J connectivity index is 1.81. The van der Waals surface area contributed by atoms with Crippen molar-refractivity contribution in [1.29, 1.82) is 0 Å². The van der Waals surface area contributed by atoms with E-state index in [-0.39, 0.29) is 0 Å². The van der Waals surface area contributed by atoms with Crippen LogP contribution in [0.1, 0.15) is 25.6 Å². The molecule has 0 saturated carbocycles. The molecule has 0 aromatic carbocycles. The summed E-state index contributed by atoms with van der Waals surface area (Å²) in [7, 11) is 0. The summed E-state index contributed by atoms with van der Waals surface area (Å²) in [6.07, 6.45) is 2.61. The molecule has 18 heavy (non-hydrogen) atoms. The Hall–Kier alpha value is -0.710. The maximum atomic E-state index is 6.19.